The van der Waals surface area contributed by atoms with Crippen molar-refractivity contribution < 1.29 is 19.9 Å². The van der Waals surface area contributed by atoms with E-state index in [-0.39, 0.29) is 17.1 Å². The minimum absolute atomic E-state index is 0.0890. The summed E-state index contributed by atoms with van der Waals surface area (Å²) in [7, 11) is 0. The van der Waals surface area contributed by atoms with Gasteiger partial charge in [-0.1, -0.05) is 20.3 Å². The molecule has 1 unspecified atom stereocenters. The first-order chi connectivity index (χ1) is 8.93. The average Bonchev–Trinajstić information content (AvgIpc) is 2.69. The fourth-order valence-corrected chi connectivity index (χ4v) is 2.10. The molecule has 0 radical (unpaired) electrons. The molecule has 1 atom stereocenters. The largest absolute Gasteiger partial charge is 0.477 e. The van der Waals surface area contributed by atoms with Crippen molar-refractivity contribution in [1.29, 1.82) is 0 Å². The zero-order valence-corrected chi connectivity index (χ0v) is 11.0. The number of carbonyl (C=O) groups is 1. The molecular formula is C12H18N2O5. The monoisotopic (exact) mass is 270 g/mol. The third kappa shape index (κ3) is 3.11. The molecule has 1 aromatic heterocycles. The molecule has 1 aromatic rings. The van der Waals surface area contributed by atoms with Crippen LogP contribution in [0.1, 0.15) is 55.4 Å². The van der Waals surface area contributed by atoms with Crippen molar-refractivity contribution in [2.24, 2.45) is 0 Å². The van der Waals surface area contributed by atoms with Crippen LogP contribution in [0.4, 0.5) is 5.69 Å². The quantitative estimate of drug-likeness (QED) is 0.584. The van der Waals surface area contributed by atoms with Crippen molar-refractivity contribution in [3.8, 4) is 0 Å². The van der Waals surface area contributed by atoms with Gasteiger partial charge < -0.3 is 14.8 Å². The Morgan fingerprint density at radius 2 is 2.11 bits per heavy atom. The van der Waals surface area contributed by atoms with E-state index in [1.807, 2.05) is 13.8 Å². The summed E-state index contributed by atoms with van der Waals surface area (Å²) in [6.07, 6.45) is 0.605. The van der Waals surface area contributed by atoms with Crippen molar-refractivity contribution in [3.63, 3.8) is 0 Å². The van der Waals surface area contributed by atoms with Gasteiger partial charge in [0, 0.05) is 12.6 Å². The summed E-state index contributed by atoms with van der Waals surface area (Å²) >= 11 is 0. The van der Waals surface area contributed by atoms with Gasteiger partial charge in [-0.15, -0.1) is 0 Å². The van der Waals surface area contributed by atoms with E-state index in [4.69, 9.17) is 5.11 Å². The fraction of sp³-hybridized carbons (Fsp3) is 0.583. The topological polar surface area (TPSA) is 106 Å². The van der Waals surface area contributed by atoms with Gasteiger partial charge >= 0.3 is 5.97 Å². The van der Waals surface area contributed by atoms with Crippen LogP contribution in [0.3, 0.4) is 0 Å². The van der Waals surface area contributed by atoms with E-state index < -0.39 is 17.0 Å². The van der Waals surface area contributed by atoms with Crippen LogP contribution in [0, 0.1) is 10.1 Å². The molecular weight excluding hydrogens is 252 g/mol. The Hall–Kier alpha value is -1.89. The van der Waals surface area contributed by atoms with E-state index in [0.717, 1.165) is 6.07 Å². The van der Waals surface area contributed by atoms with Gasteiger partial charge in [0.25, 0.3) is 5.69 Å². The Morgan fingerprint density at radius 1 is 1.47 bits per heavy atom. The molecule has 7 heteroatoms. The lowest BCUT2D eigenvalue weighted by Crippen LogP contribution is -2.14. The zero-order chi connectivity index (χ0) is 14.6. The lowest BCUT2D eigenvalue weighted by atomic mass is 10.1. The molecule has 0 fully saturated rings. The van der Waals surface area contributed by atoms with E-state index in [2.05, 4.69) is 0 Å². The Kier molecular flexibility index (Phi) is 5.05. The van der Waals surface area contributed by atoms with E-state index in [1.165, 1.54) is 4.57 Å². The van der Waals surface area contributed by atoms with Gasteiger partial charge in [-0.25, -0.2) is 4.79 Å². The number of nitrogens with zero attached hydrogens (tertiary/aromatic N) is 2. The van der Waals surface area contributed by atoms with Crippen molar-refractivity contribution in [3.05, 3.63) is 27.6 Å². The number of aliphatic hydroxyl groups is 1. The molecule has 106 valence electrons. The van der Waals surface area contributed by atoms with Crippen LogP contribution in [0.25, 0.3) is 0 Å². The van der Waals surface area contributed by atoms with E-state index >= 15 is 0 Å². The maximum Gasteiger partial charge on any atom is 0.352 e. The summed E-state index contributed by atoms with van der Waals surface area (Å²) in [6.45, 7) is 4.01. The van der Waals surface area contributed by atoms with Gasteiger partial charge in [0.15, 0.2) is 0 Å². The number of aromatic nitrogens is 1. The lowest BCUT2D eigenvalue weighted by molar-refractivity contribution is -0.386. The van der Waals surface area contributed by atoms with Crippen LogP contribution in [-0.4, -0.2) is 25.7 Å². The number of carboxylic acid groups (broad SMARTS) is 1. The molecule has 0 spiro atoms. The molecule has 1 heterocycles. The highest BCUT2D eigenvalue weighted by Crippen LogP contribution is 2.32. The highest BCUT2D eigenvalue weighted by atomic mass is 16.6. The van der Waals surface area contributed by atoms with E-state index in [1.54, 1.807) is 0 Å². The number of aliphatic hydroxyl groups excluding tert-OH is 1. The van der Waals surface area contributed by atoms with Gasteiger partial charge in [0.05, 0.1) is 4.92 Å². The van der Waals surface area contributed by atoms with E-state index in [0.29, 0.717) is 25.8 Å². The zero-order valence-electron chi connectivity index (χ0n) is 11.0. The van der Waals surface area contributed by atoms with Crippen LogP contribution in [0.2, 0.25) is 0 Å². The van der Waals surface area contributed by atoms with Crippen LogP contribution < -0.4 is 0 Å². The highest BCUT2D eigenvalue weighted by molar-refractivity contribution is 5.87. The molecule has 0 aliphatic rings. The van der Waals surface area contributed by atoms with Gasteiger partial charge in [-0.2, -0.15) is 0 Å². The standard InChI is InChI=1S/C12H18N2O5/c1-3-5-10(15)11-8(14(18)19)7-9(12(16)17)13(11)6-4-2/h7,10,15H,3-6H2,1-2H3,(H,16,17). The summed E-state index contributed by atoms with van der Waals surface area (Å²) in [5, 5.41) is 30.1. The maximum atomic E-state index is 11.1. The Morgan fingerprint density at radius 3 is 2.53 bits per heavy atom. The predicted octanol–water partition coefficient (Wildman–Crippen LogP) is 2.34. The first kappa shape index (κ1) is 15.2. The number of rotatable bonds is 7. The van der Waals surface area contributed by atoms with Gasteiger partial charge in [-0.05, 0) is 12.8 Å². The lowest BCUT2D eigenvalue weighted by Gasteiger charge is -2.14. The van der Waals surface area contributed by atoms with Gasteiger partial charge in [0.1, 0.15) is 17.5 Å². The fourth-order valence-electron chi connectivity index (χ4n) is 2.10. The van der Waals surface area contributed by atoms with E-state index in [9.17, 15) is 20.0 Å². The van der Waals surface area contributed by atoms with Crippen LogP contribution in [0.15, 0.2) is 6.07 Å². The van der Waals surface area contributed by atoms with Crippen molar-refractivity contribution in [2.75, 3.05) is 0 Å². The molecule has 0 bridgehead atoms. The number of aromatic carboxylic acids is 1. The number of nitro groups is 1. The molecule has 0 saturated carbocycles. The molecule has 0 aliphatic heterocycles. The molecule has 0 aromatic carbocycles. The number of carboxylic acids is 1. The first-order valence-electron chi connectivity index (χ1n) is 6.23. The molecule has 19 heavy (non-hydrogen) atoms. The van der Waals surface area contributed by atoms with Crippen LogP contribution in [-0.2, 0) is 6.54 Å². The van der Waals surface area contributed by atoms with Crippen molar-refractivity contribution in [2.45, 2.75) is 45.8 Å². The second-order valence-corrected chi connectivity index (χ2v) is 4.32. The average molecular weight is 270 g/mol. The SMILES string of the molecule is CCCC(O)c1c([N+](=O)[O-])cc(C(=O)O)n1CCC. The molecule has 0 saturated heterocycles. The maximum absolute atomic E-state index is 11.1. The highest BCUT2D eigenvalue weighted by Gasteiger charge is 2.30. The summed E-state index contributed by atoms with van der Waals surface area (Å²) in [4.78, 5) is 21.5. The third-order valence-corrected chi connectivity index (χ3v) is 2.86. The summed E-state index contributed by atoms with van der Waals surface area (Å²) in [5.74, 6) is -1.23. The van der Waals surface area contributed by atoms with Crippen molar-refractivity contribution >= 4 is 11.7 Å². The number of hydrogen-bond donors (Lipinski definition) is 2. The Bertz CT molecular complexity index is 481. The number of hydrogen-bond acceptors (Lipinski definition) is 4. The molecule has 2 N–H and O–H groups in total. The van der Waals surface area contributed by atoms with Gasteiger partial charge in [-0.3, -0.25) is 10.1 Å². The smallest absolute Gasteiger partial charge is 0.352 e. The second-order valence-electron chi connectivity index (χ2n) is 4.32. The Balaban J connectivity index is 3.43. The summed E-state index contributed by atoms with van der Waals surface area (Å²) < 4.78 is 1.33. The molecule has 0 aliphatic carbocycles. The molecule has 7 nitrogen and oxygen atoms in total. The summed E-state index contributed by atoms with van der Waals surface area (Å²) in [6, 6.07) is 1.02. The second kappa shape index (κ2) is 6.33. The third-order valence-electron chi connectivity index (χ3n) is 2.86. The Labute approximate surface area is 110 Å². The minimum Gasteiger partial charge on any atom is -0.477 e. The van der Waals surface area contributed by atoms with Crippen molar-refractivity contribution in [1.82, 2.24) is 4.57 Å². The van der Waals surface area contributed by atoms with Crippen LogP contribution in [0.5, 0.6) is 0 Å². The molecule has 1 rings (SSSR count). The minimum atomic E-state index is -1.23. The summed E-state index contributed by atoms with van der Waals surface area (Å²) in [5.41, 5.74) is -0.392. The molecule has 0 amide bonds. The normalized spacial score (nSPS) is 12.4. The first-order valence-corrected chi connectivity index (χ1v) is 6.23. The predicted molar refractivity (Wildman–Crippen MR) is 68.2 cm³/mol. The van der Waals surface area contributed by atoms with Gasteiger partial charge in [0.2, 0.25) is 0 Å². The van der Waals surface area contributed by atoms with Crippen LogP contribution >= 0.6 is 0 Å².